The molecule has 2 aliphatic rings. The first-order valence-corrected chi connectivity index (χ1v) is 8.15. The summed E-state index contributed by atoms with van der Waals surface area (Å²) in [7, 11) is 0. The maximum absolute atomic E-state index is 13.3. The van der Waals surface area contributed by atoms with E-state index in [4.69, 9.17) is 14.6 Å². The van der Waals surface area contributed by atoms with Crippen LogP contribution in [-0.2, 0) is 4.74 Å². The number of phenols is 1. The molecule has 4 rings (SSSR count). The average molecular weight is 355 g/mol. The van der Waals surface area contributed by atoms with Crippen LogP contribution in [0.3, 0.4) is 0 Å². The van der Waals surface area contributed by atoms with Gasteiger partial charge in [-0.3, -0.25) is 10.2 Å². The van der Waals surface area contributed by atoms with E-state index < -0.39 is 27.9 Å². The molecule has 7 nitrogen and oxygen atoms in total. The second kappa shape index (κ2) is 4.75. The van der Waals surface area contributed by atoms with Gasteiger partial charge in [0, 0.05) is 16.4 Å². The van der Waals surface area contributed by atoms with Gasteiger partial charge in [0.2, 0.25) is 0 Å². The van der Waals surface area contributed by atoms with Crippen LogP contribution in [0.25, 0.3) is 16.7 Å². The molecule has 1 aromatic heterocycles. The number of phenolic OH excluding ortho intramolecular Hbond substituents is 1. The van der Waals surface area contributed by atoms with E-state index in [2.05, 4.69) is 0 Å². The molecule has 2 aromatic rings. The molecule has 1 aromatic carbocycles. The Hall–Kier alpha value is -3.09. The third kappa shape index (κ3) is 1.75. The Balaban J connectivity index is 2.35. The number of benzene rings is 1. The van der Waals surface area contributed by atoms with Crippen LogP contribution in [0.5, 0.6) is 11.5 Å². The summed E-state index contributed by atoms with van der Waals surface area (Å²) in [5.41, 5.74) is -0.793. The van der Waals surface area contributed by atoms with E-state index in [-0.39, 0.29) is 28.4 Å². The summed E-state index contributed by atoms with van der Waals surface area (Å²) in [5.74, 6) is -1.28. The lowest BCUT2D eigenvalue weighted by molar-refractivity contribution is 0.0961. The number of aromatic hydroxyl groups is 2. The maximum atomic E-state index is 13.3. The minimum Gasteiger partial charge on any atom is -0.505 e. The van der Waals surface area contributed by atoms with Crippen LogP contribution in [0.2, 0.25) is 0 Å². The normalized spacial score (nSPS) is 20.3. The second-order valence-electron chi connectivity index (χ2n) is 7.29. The van der Waals surface area contributed by atoms with Crippen LogP contribution in [-0.4, -0.2) is 22.1 Å². The highest BCUT2D eigenvalue weighted by atomic mass is 16.5. The van der Waals surface area contributed by atoms with Gasteiger partial charge in [-0.1, -0.05) is 13.8 Å². The van der Waals surface area contributed by atoms with Crippen molar-refractivity contribution in [2.24, 2.45) is 5.41 Å². The molecule has 134 valence electrons. The van der Waals surface area contributed by atoms with Crippen LogP contribution in [0, 0.1) is 17.7 Å². The lowest BCUT2D eigenvalue weighted by Crippen LogP contribution is -2.29. The number of fused-ring (bicyclic) bond motifs is 1. The lowest BCUT2D eigenvalue weighted by Gasteiger charge is -2.25. The molecule has 1 atom stereocenters. The number of nitrogens with one attached hydrogen (secondary N) is 1. The largest absolute Gasteiger partial charge is 0.505 e. The van der Waals surface area contributed by atoms with E-state index in [0.717, 1.165) is 0 Å². The highest BCUT2D eigenvalue weighted by Crippen LogP contribution is 2.53. The summed E-state index contributed by atoms with van der Waals surface area (Å²) in [5, 5.41) is 27.8. The molecule has 0 saturated carbocycles. The van der Waals surface area contributed by atoms with Crippen LogP contribution in [0.15, 0.2) is 20.9 Å². The van der Waals surface area contributed by atoms with Crippen LogP contribution in [0.4, 0.5) is 0 Å². The Morgan fingerprint density at radius 3 is 2.50 bits per heavy atom. The zero-order valence-electron chi connectivity index (χ0n) is 14.7. The molecule has 0 spiro atoms. The van der Waals surface area contributed by atoms with E-state index in [9.17, 15) is 19.8 Å². The molecular weight excluding hydrogens is 338 g/mol. The summed E-state index contributed by atoms with van der Waals surface area (Å²) in [6, 6.07) is 1.41. The van der Waals surface area contributed by atoms with Gasteiger partial charge in [0.05, 0.1) is 11.1 Å². The Labute approximate surface area is 147 Å². The maximum Gasteiger partial charge on any atom is 0.365 e. The number of aryl methyl sites for hydroxylation is 1. The number of Topliss-reactive ketones (excluding diaryl/α,β-unsaturated/α-hetero) is 1. The SMILES string of the molecule is Cc1cc(O)c2oc(=O)c(=N)c(O)c3c2c1C1=C(C3=O)C(C)(C)C(C)O1. The van der Waals surface area contributed by atoms with Crippen molar-refractivity contribution in [1.82, 2.24) is 0 Å². The van der Waals surface area contributed by atoms with Gasteiger partial charge in [-0.25, -0.2) is 4.79 Å². The monoisotopic (exact) mass is 355 g/mol. The number of hydrogen-bond acceptors (Lipinski definition) is 7. The highest BCUT2D eigenvalue weighted by molar-refractivity contribution is 6.26. The summed E-state index contributed by atoms with van der Waals surface area (Å²) in [6.45, 7) is 7.29. The second-order valence-corrected chi connectivity index (χ2v) is 7.29. The predicted octanol–water partition coefficient (Wildman–Crippen LogP) is 2.34. The van der Waals surface area contributed by atoms with Gasteiger partial charge in [0.15, 0.2) is 28.2 Å². The minimum atomic E-state index is -1.15. The first-order chi connectivity index (χ1) is 12.1. The minimum absolute atomic E-state index is 0.0873. The van der Waals surface area contributed by atoms with E-state index in [1.807, 2.05) is 20.8 Å². The summed E-state index contributed by atoms with van der Waals surface area (Å²) in [6.07, 6.45) is -0.299. The fourth-order valence-corrected chi connectivity index (χ4v) is 3.70. The van der Waals surface area contributed by atoms with E-state index in [1.165, 1.54) is 6.07 Å². The molecule has 0 saturated heterocycles. The number of rotatable bonds is 0. The van der Waals surface area contributed by atoms with Gasteiger partial charge >= 0.3 is 5.63 Å². The van der Waals surface area contributed by atoms with Crippen LogP contribution in [0.1, 0.15) is 42.3 Å². The fourth-order valence-electron chi connectivity index (χ4n) is 3.70. The number of carbonyl (C=O) groups is 1. The summed E-state index contributed by atoms with van der Waals surface area (Å²) in [4.78, 5) is 25.3. The van der Waals surface area contributed by atoms with Gasteiger partial charge in [0.25, 0.3) is 0 Å². The number of carbonyl (C=O) groups excluding carboxylic acids is 1. The van der Waals surface area contributed by atoms with E-state index in [0.29, 0.717) is 22.5 Å². The number of ketones is 1. The standard InChI is InChI=1S/C19H17NO6/c1-6-5-8(21)16-10-9(6)17-12(19(3,4)7(2)25-17)14(22)11(10)15(23)13(20)18(24)26-16/h5,7,20-21,23H,1-4H3. The molecule has 3 N–H and O–H groups in total. The van der Waals surface area contributed by atoms with Gasteiger partial charge in [-0.05, 0) is 25.5 Å². The molecule has 1 aliphatic heterocycles. The highest BCUT2D eigenvalue weighted by Gasteiger charge is 2.49. The van der Waals surface area contributed by atoms with Gasteiger partial charge < -0.3 is 19.4 Å². The van der Waals surface area contributed by atoms with Crippen molar-refractivity contribution in [3.63, 3.8) is 0 Å². The van der Waals surface area contributed by atoms with E-state index >= 15 is 0 Å². The van der Waals surface area contributed by atoms with Crippen molar-refractivity contribution < 1.29 is 24.2 Å². The van der Waals surface area contributed by atoms with Crippen molar-refractivity contribution >= 4 is 22.5 Å². The molecule has 0 amide bonds. The van der Waals surface area contributed by atoms with Crippen LogP contribution >= 0.6 is 0 Å². The molecule has 7 heteroatoms. The van der Waals surface area contributed by atoms with Crippen molar-refractivity contribution in [1.29, 1.82) is 5.41 Å². The third-order valence-corrected chi connectivity index (χ3v) is 5.44. The smallest absolute Gasteiger partial charge is 0.365 e. The number of hydrogen-bond donors (Lipinski definition) is 3. The van der Waals surface area contributed by atoms with Crippen molar-refractivity contribution in [2.45, 2.75) is 33.8 Å². The predicted molar refractivity (Wildman–Crippen MR) is 92.0 cm³/mol. The Bertz CT molecular complexity index is 1190. The topological polar surface area (TPSA) is 121 Å². The van der Waals surface area contributed by atoms with Gasteiger partial charge in [-0.2, -0.15) is 0 Å². The summed E-state index contributed by atoms with van der Waals surface area (Å²) >= 11 is 0. The van der Waals surface area contributed by atoms with Crippen LogP contribution < -0.4 is 11.0 Å². The molecule has 1 aliphatic carbocycles. The van der Waals surface area contributed by atoms with Crippen molar-refractivity contribution in [3.8, 4) is 11.5 Å². The quantitative estimate of drug-likeness (QED) is 0.667. The molecule has 0 bridgehead atoms. The molecule has 2 heterocycles. The third-order valence-electron chi connectivity index (χ3n) is 5.44. The Morgan fingerprint density at radius 2 is 1.85 bits per heavy atom. The molecule has 0 fully saturated rings. The number of ether oxygens (including phenoxy) is 1. The molecule has 26 heavy (non-hydrogen) atoms. The van der Waals surface area contributed by atoms with Gasteiger partial charge in [-0.15, -0.1) is 0 Å². The molecular formula is C19H17NO6. The average Bonchev–Trinajstić information content (AvgIpc) is 2.73. The molecule has 0 radical (unpaired) electrons. The first-order valence-electron chi connectivity index (χ1n) is 8.15. The zero-order chi connectivity index (χ0) is 19.1. The molecule has 1 unspecified atom stereocenters. The Kier molecular flexibility index (Phi) is 2.99. The van der Waals surface area contributed by atoms with Gasteiger partial charge in [0.1, 0.15) is 11.9 Å². The van der Waals surface area contributed by atoms with Crippen molar-refractivity contribution in [3.05, 3.63) is 44.1 Å². The van der Waals surface area contributed by atoms with Crippen molar-refractivity contribution in [2.75, 3.05) is 0 Å². The zero-order valence-corrected chi connectivity index (χ0v) is 14.7. The fraction of sp³-hybridized carbons (Fsp3) is 0.316. The Morgan fingerprint density at radius 1 is 1.19 bits per heavy atom. The van der Waals surface area contributed by atoms with E-state index in [1.54, 1.807) is 6.92 Å². The lowest BCUT2D eigenvalue weighted by atomic mass is 9.74. The first kappa shape index (κ1) is 16.4. The summed E-state index contributed by atoms with van der Waals surface area (Å²) < 4.78 is 11.1.